The Morgan fingerprint density at radius 3 is 1.21 bits per heavy atom. The van der Waals surface area contributed by atoms with Crippen LogP contribution in [0.25, 0.3) is 0 Å². The lowest BCUT2D eigenvalue weighted by Gasteiger charge is -2.03. The minimum absolute atomic E-state index is 0.00315. The van der Waals surface area contributed by atoms with E-state index in [0.717, 1.165) is 12.8 Å². The summed E-state index contributed by atoms with van der Waals surface area (Å²) >= 11 is 0. The minimum Gasteiger partial charge on any atom is -0.297 e. The van der Waals surface area contributed by atoms with Gasteiger partial charge in [-0.25, -0.2) is 0 Å². The van der Waals surface area contributed by atoms with Crippen LogP contribution in [0.15, 0.2) is 0 Å². The second-order valence-corrected chi connectivity index (χ2v) is 8.71. The summed E-state index contributed by atoms with van der Waals surface area (Å²) in [6.07, 6.45) is 27.2. The number of Topliss-reactive ketones (excluding diaryl/α,β-unsaturated/α-hetero) is 1. The molecular weight excluding hydrogens is 516 g/mol. The van der Waals surface area contributed by atoms with Crippen molar-refractivity contribution in [3.8, 4) is 107 Å². The molecule has 0 aromatic carbocycles. The number of carbonyl (C=O) groups excluding carboxylic acids is 1. The van der Waals surface area contributed by atoms with Crippen LogP contribution in [-0.4, -0.2) is 12.4 Å². The van der Waals surface area contributed by atoms with Gasteiger partial charge in [0.05, 0.1) is 0 Å². The fourth-order valence-electron chi connectivity index (χ4n) is 3.38. The zero-order valence-corrected chi connectivity index (χ0v) is 25.8. The summed E-state index contributed by atoms with van der Waals surface area (Å²) in [5.41, 5.74) is 0. The first-order chi connectivity index (χ1) is 20.8. The predicted octanol–water partition coefficient (Wildman–Crippen LogP) is 7.41. The summed E-state index contributed by atoms with van der Waals surface area (Å²) in [6, 6.07) is 0. The highest BCUT2D eigenvalue weighted by Crippen LogP contribution is 2.13. The fourth-order valence-corrected chi connectivity index (χ4v) is 3.38. The molecule has 0 aliphatic carbocycles. The Balaban J connectivity index is 0. The van der Waals surface area contributed by atoms with Gasteiger partial charge in [0.15, 0.2) is 18.5 Å². The monoisotopic (exact) mass is 560 g/mol. The molecule has 0 aromatic heterocycles. The Morgan fingerprint density at radius 2 is 0.833 bits per heavy atom. The topological polar surface area (TPSA) is 35.5 Å². The molecule has 0 saturated carbocycles. The van der Waals surface area contributed by atoms with Gasteiger partial charge in [-0.05, 0) is 53.8 Å². The molecule has 3 heteroatoms. The van der Waals surface area contributed by atoms with Crippen LogP contribution in [0.1, 0.15) is 124 Å². The SMILES string of the molecule is C#CC#CC#CC#CC#CC#CC#CC#CC#COOCC(=O)CCCCCCCCCCCCCCCCC.CC. The van der Waals surface area contributed by atoms with E-state index in [2.05, 4.69) is 113 Å². The van der Waals surface area contributed by atoms with Crippen molar-refractivity contribution in [1.82, 2.24) is 0 Å². The van der Waals surface area contributed by atoms with Crippen LogP contribution < -0.4 is 0 Å². The first kappa shape index (κ1) is 39.6. The van der Waals surface area contributed by atoms with Gasteiger partial charge < -0.3 is 0 Å². The van der Waals surface area contributed by atoms with Crippen LogP contribution in [0.5, 0.6) is 0 Å². The summed E-state index contributed by atoms with van der Waals surface area (Å²) < 4.78 is 0. The van der Waals surface area contributed by atoms with E-state index in [1.165, 1.54) is 83.5 Å². The molecule has 0 saturated heterocycles. The lowest BCUT2D eigenvalue weighted by Crippen LogP contribution is -2.07. The van der Waals surface area contributed by atoms with E-state index in [0.29, 0.717) is 6.42 Å². The number of hydrogen-bond acceptors (Lipinski definition) is 3. The molecule has 0 N–H and O–H groups in total. The van der Waals surface area contributed by atoms with E-state index in [1.807, 2.05) is 13.8 Å². The Kier molecular flexibility index (Phi) is 36.4. The molecule has 0 heterocycles. The maximum absolute atomic E-state index is 11.8. The van der Waals surface area contributed by atoms with Crippen LogP contribution >= 0.6 is 0 Å². The van der Waals surface area contributed by atoms with Crippen molar-refractivity contribution in [3.05, 3.63) is 0 Å². The molecule has 0 amide bonds. The molecule has 218 valence electrons. The number of ketones is 1. The summed E-state index contributed by atoms with van der Waals surface area (Å²) in [6.45, 7) is 6.15. The van der Waals surface area contributed by atoms with Crippen molar-refractivity contribution in [2.24, 2.45) is 0 Å². The van der Waals surface area contributed by atoms with Crippen molar-refractivity contribution < 1.29 is 14.6 Å². The Hall–Kier alpha value is -4.53. The molecule has 3 nitrogen and oxygen atoms in total. The third-order valence-electron chi connectivity index (χ3n) is 5.38. The average Bonchev–Trinajstić information content (AvgIpc) is 3.01. The molecule has 0 aromatic rings. The van der Waals surface area contributed by atoms with E-state index >= 15 is 0 Å². The normalized spacial score (nSPS) is 7.67. The van der Waals surface area contributed by atoms with Crippen LogP contribution in [-0.2, 0) is 14.6 Å². The maximum atomic E-state index is 11.8. The Morgan fingerprint density at radius 1 is 0.500 bits per heavy atom. The smallest absolute Gasteiger partial charge is 0.171 e. The number of carbonyl (C=O) groups is 1. The number of rotatable bonds is 19. The van der Waals surface area contributed by atoms with E-state index in [-0.39, 0.29) is 12.4 Å². The molecule has 0 aliphatic rings. The molecule has 0 atom stereocenters. The van der Waals surface area contributed by atoms with E-state index in [1.54, 1.807) is 0 Å². The van der Waals surface area contributed by atoms with Gasteiger partial charge in [-0.3, -0.25) is 9.68 Å². The van der Waals surface area contributed by atoms with Gasteiger partial charge in [0, 0.05) is 53.8 Å². The summed E-state index contributed by atoms with van der Waals surface area (Å²) in [5.74, 6) is 39.1. The quantitative estimate of drug-likeness (QED) is 0.0714. The highest BCUT2D eigenvalue weighted by atomic mass is 17.2. The first-order valence-electron chi connectivity index (χ1n) is 15.1. The minimum atomic E-state index is -0.117. The van der Waals surface area contributed by atoms with Crippen LogP contribution in [0.3, 0.4) is 0 Å². The third kappa shape index (κ3) is 37.6. The molecule has 42 heavy (non-hydrogen) atoms. The lowest BCUT2D eigenvalue weighted by molar-refractivity contribution is -0.232. The maximum Gasteiger partial charge on any atom is 0.171 e. The molecule has 0 radical (unpaired) electrons. The highest BCUT2D eigenvalue weighted by molar-refractivity contribution is 5.79. The van der Waals surface area contributed by atoms with Crippen LogP contribution in [0, 0.1) is 107 Å². The van der Waals surface area contributed by atoms with E-state index in [9.17, 15) is 4.79 Å². The van der Waals surface area contributed by atoms with E-state index in [4.69, 9.17) is 11.3 Å². The second kappa shape index (κ2) is 38.6. The molecule has 0 rings (SSSR count). The zero-order chi connectivity index (χ0) is 31.0. The first-order valence-corrected chi connectivity index (χ1v) is 15.1. The van der Waals surface area contributed by atoms with Gasteiger partial charge in [0.25, 0.3) is 0 Å². The van der Waals surface area contributed by atoms with Gasteiger partial charge in [-0.15, -0.1) is 6.42 Å². The van der Waals surface area contributed by atoms with Gasteiger partial charge in [0.2, 0.25) is 0 Å². The summed E-state index contributed by atoms with van der Waals surface area (Å²) in [7, 11) is 0. The number of terminal acetylenes is 1. The standard InChI is InChI=1S/C37H38O3.C2H6/c1-3-5-7-9-11-13-15-17-19-21-23-25-27-29-31-33-35-39-40-36-37(38)34-32-30-28-26-24-22-20-18-16-14-12-10-8-6-4-2;1-2/h1H,4,6,8,10,12,14,16,18,20,22,24,26,28,30,32,34,36H2,2H3;1-2H3. The molecular formula is C39H44O3. The van der Waals surface area contributed by atoms with Crippen LogP contribution in [0.4, 0.5) is 0 Å². The van der Waals surface area contributed by atoms with Crippen LogP contribution in [0.2, 0.25) is 0 Å². The van der Waals surface area contributed by atoms with Crippen molar-refractivity contribution in [2.75, 3.05) is 6.61 Å². The van der Waals surface area contributed by atoms with Gasteiger partial charge in [-0.1, -0.05) is 111 Å². The van der Waals surface area contributed by atoms with Crippen molar-refractivity contribution >= 4 is 5.78 Å². The van der Waals surface area contributed by atoms with Gasteiger partial charge in [-0.2, -0.15) is 4.89 Å². The van der Waals surface area contributed by atoms with E-state index < -0.39 is 0 Å². The number of unbranched alkanes of at least 4 members (excludes halogenated alkanes) is 14. The molecule has 0 spiro atoms. The Labute approximate surface area is 257 Å². The number of hydrogen-bond donors (Lipinski definition) is 0. The molecule has 0 aliphatic heterocycles. The fraction of sp³-hybridized carbons (Fsp3) is 0.513. The van der Waals surface area contributed by atoms with Crippen molar-refractivity contribution in [3.63, 3.8) is 0 Å². The summed E-state index contributed by atoms with van der Waals surface area (Å²) in [5, 5.41) is 0. The molecule has 0 bridgehead atoms. The van der Waals surface area contributed by atoms with Crippen molar-refractivity contribution in [2.45, 2.75) is 124 Å². The zero-order valence-electron chi connectivity index (χ0n) is 25.8. The molecule has 0 unspecified atom stereocenters. The van der Waals surface area contributed by atoms with Crippen molar-refractivity contribution in [1.29, 1.82) is 0 Å². The van der Waals surface area contributed by atoms with Gasteiger partial charge in [0.1, 0.15) is 0 Å². The predicted molar refractivity (Wildman–Crippen MR) is 174 cm³/mol. The van der Waals surface area contributed by atoms with Gasteiger partial charge >= 0.3 is 0 Å². The highest BCUT2D eigenvalue weighted by Gasteiger charge is 2.02. The average molecular weight is 561 g/mol. The summed E-state index contributed by atoms with van der Waals surface area (Å²) in [4.78, 5) is 21.2. The third-order valence-corrected chi connectivity index (χ3v) is 5.38. The second-order valence-electron chi connectivity index (χ2n) is 8.71. The molecule has 0 fully saturated rings. The largest absolute Gasteiger partial charge is 0.297 e. The lowest BCUT2D eigenvalue weighted by atomic mass is 10.0. The Bertz CT molecular complexity index is 1270.